The summed E-state index contributed by atoms with van der Waals surface area (Å²) in [5.74, 6) is -0.584. The molecule has 0 aromatic carbocycles. The Balaban J connectivity index is 3.69. The molecule has 0 aliphatic heterocycles. The molecule has 2 atom stereocenters. The number of hydrogen-bond donors (Lipinski definition) is 3. The van der Waals surface area contributed by atoms with E-state index in [9.17, 15) is 24.2 Å². The lowest BCUT2D eigenvalue weighted by Gasteiger charge is -2.15. The van der Waals surface area contributed by atoms with E-state index in [1.165, 1.54) is 89.9 Å². The lowest BCUT2D eigenvalue weighted by atomic mass is 10.1. The van der Waals surface area contributed by atoms with Crippen LogP contribution >= 0.6 is 7.82 Å². The summed E-state index contributed by atoms with van der Waals surface area (Å²) in [6.07, 6.45) is 63.5. The molecule has 0 aromatic rings. The Morgan fingerprint density at radius 2 is 0.921 bits per heavy atom. The first kappa shape index (κ1) is 59.9. The Morgan fingerprint density at radius 1 is 0.508 bits per heavy atom. The van der Waals surface area contributed by atoms with Crippen LogP contribution in [0.3, 0.4) is 0 Å². The van der Waals surface area contributed by atoms with Crippen LogP contribution in [0.4, 0.5) is 0 Å². The van der Waals surface area contributed by atoms with Gasteiger partial charge in [0.25, 0.3) is 0 Å². The number of ether oxygens (including phenoxy) is 1. The van der Waals surface area contributed by atoms with Gasteiger partial charge in [-0.1, -0.05) is 188 Å². The molecule has 0 bridgehead atoms. The third-order valence-corrected chi connectivity index (χ3v) is 11.0. The Kier molecular flexibility index (Phi) is 46.0. The molecular formula is C53H90NO8P. The Morgan fingerprint density at radius 3 is 1.41 bits per heavy atom. The van der Waals surface area contributed by atoms with E-state index in [1.54, 1.807) is 0 Å². The van der Waals surface area contributed by atoms with Gasteiger partial charge in [-0.15, -0.1) is 0 Å². The van der Waals surface area contributed by atoms with Crippen LogP contribution in [0.1, 0.15) is 194 Å². The van der Waals surface area contributed by atoms with E-state index < -0.39 is 26.5 Å². The van der Waals surface area contributed by atoms with Gasteiger partial charge in [0.2, 0.25) is 5.91 Å². The SMILES string of the molecule is CC/C=C\C/C=C\C/C=C\C/C=C\C/C=C\C/C=C\C/C=C\CCCC(=O)NCCOP(=O)(O)OCC(O)COC(=O)CCCCCCCCCCC/C=C/CCCCCCCC. The molecule has 1 amide bonds. The quantitative estimate of drug-likeness (QED) is 0.0238. The average molecular weight is 900 g/mol. The number of esters is 1. The maximum absolute atomic E-state index is 12.1. The maximum Gasteiger partial charge on any atom is 0.472 e. The molecule has 2 unspecified atom stereocenters. The first-order valence-electron chi connectivity index (χ1n) is 24.7. The number of hydrogen-bond acceptors (Lipinski definition) is 7. The lowest BCUT2D eigenvalue weighted by molar-refractivity contribution is -0.147. The van der Waals surface area contributed by atoms with Crippen molar-refractivity contribution in [1.82, 2.24) is 5.32 Å². The van der Waals surface area contributed by atoms with E-state index in [-0.39, 0.29) is 32.1 Å². The predicted octanol–water partition coefficient (Wildman–Crippen LogP) is 14.6. The van der Waals surface area contributed by atoms with Gasteiger partial charge in [0.1, 0.15) is 12.7 Å². The van der Waals surface area contributed by atoms with Crippen molar-refractivity contribution in [3.8, 4) is 0 Å². The second-order valence-electron chi connectivity index (χ2n) is 16.0. The van der Waals surface area contributed by atoms with Crippen molar-refractivity contribution in [2.45, 2.75) is 200 Å². The molecule has 360 valence electrons. The van der Waals surface area contributed by atoms with Crippen molar-refractivity contribution in [1.29, 1.82) is 0 Å². The zero-order valence-corrected chi connectivity index (χ0v) is 40.6. The summed E-state index contributed by atoms with van der Waals surface area (Å²) in [6.45, 7) is 3.36. The lowest BCUT2D eigenvalue weighted by Crippen LogP contribution is -2.27. The fraction of sp³-hybridized carbons (Fsp3) is 0.660. The summed E-state index contributed by atoms with van der Waals surface area (Å²) in [4.78, 5) is 34.0. The van der Waals surface area contributed by atoms with Crippen LogP contribution in [0, 0.1) is 0 Å². The third-order valence-electron chi connectivity index (χ3n) is 10.00. The molecular weight excluding hydrogens is 810 g/mol. The minimum Gasteiger partial charge on any atom is -0.463 e. The molecule has 0 aliphatic rings. The number of carbonyl (C=O) groups excluding carboxylic acids is 2. The summed E-state index contributed by atoms with van der Waals surface area (Å²) in [7, 11) is -4.44. The van der Waals surface area contributed by atoms with Gasteiger partial charge in [0.15, 0.2) is 0 Å². The van der Waals surface area contributed by atoms with E-state index in [4.69, 9.17) is 13.8 Å². The van der Waals surface area contributed by atoms with Crippen LogP contribution in [0.15, 0.2) is 97.2 Å². The third kappa shape index (κ3) is 49.8. The maximum atomic E-state index is 12.1. The highest BCUT2D eigenvalue weighted by molar-refractivity contribution is 7.47. The average Bonchev–Trinajstić information content (AvgIpc) is 3.27. The Labute approximate surface area is 385 Å². The smallest absolute Gasteiger partial charge is 0.463 e. The summed E-state index contributed by atoms with van der Waals surface area (Å²) in [5, 5.41) is 12.7. The standard InChI is InChI=1S/C53H90NO8P/c1-3-5-7-9-11-13-15-17-19-21-23-24-25-26-28-29-31-33-35-37-39-41-43-45-52(56)54-47-48-61-63(58,59)62-50-51(55)49-60-53(57)46-44-42-40-38-36-34-32-30-27-22-20-18-16-14-12-10-8-6-4-2/h5,7,11,13,17-20,23-24,26,28,31,33,37,39,51,55H,3-4,6,8-10,12,14-16,21-22,25,27,29-30,32,34-36,38,40-50H2,1-2H3,(H,54,56)(H,58,59)/b7-5-,13-11-,19-17-,20-18+,24-23-,28-26-,33-31-,39-37-. The molecule has 10 heteroatoms. The molecule has 3 N–H and O–H groups in total. The van der Waals surface area contributed by atoms with E-state index >= 15 is 0 Å². The monoisotopic (exact) mass is 900 g/mol. The van der Waals surface area contributed by atoms with Gasteiger partial charge in [-0.2, -0.15) is 0 Å². The van der Waals surface area contributed by atoms with Gasteiger partial charge >= 0.3 is 13.8 Å². The second-order valence-corrected chi connectivity index (χ2v) is 17.5. The van der Waals surface area contributed by atoms with Gasteiger partial charge in [0.05, 0.1) is 13.2 Å². The number of nitrogens with one attached hydrogen (secondary N) is 1. The number of carbonyl (C=O) groups is 2. The summed E-state index contributed by atoms with van der Waals surface area (Å²) in [5.41, 5.74) is 0. The van der Waals surface area contributed by atoms with Crippen LogP contribution in [-0.2, 0) is 27.9 Å². The van der Waals surface area contributed by atoms with Crippen molar-refractivity contribution in [3.05, 3.63) is 97.2 Å². The van der Waals surface area contributed by atoms with E-state index in [0.29, 0.717) is 12.8 Å². The minimum atomic E-state index is -4.44. The van der Waals surface area contributed by atoms with Crippen molar-refractivity contribution < 1.29 is 37.9 Å². The molecule has 0 fully saturated rings. The van der Waals surface area contributed by atoms with Gasteiger partial charge in [-0.3, -0.25) is 18.6 Å². The number of aliphatic hydroxyl groups is 1. The molecule has 0 heterocycles. The van der Waals surface area contributed by atoms with Gasteiger partial charge in [-0.05, 0) is 89.9 Å². The zero-order chi connectivity index (χ0) is 46.0. The normalized spacial score (nSPS) is 14.0. The van der Waals surface area contributed by atoms with E-state index in [2.05, 4.69) is 116 Å². The molecule has 0 radical (unpaired) electrons. The highest BCUT2D eigenvalue weighted by Gasteiger charge is 2.23. The van der Waals surface area contributed by atoms with Crippen LogP contribution in [0.25, 0.3) is 0 Å². The number of allylic oxidation sites excluding steroid dienone is 16. The largest absolute Gasteiger partial charge is 0.472 e. The predicted molar refractivity (Wildman–Crippen MR) is 265 cm³/mol. The van der Waals surface area contributed by atoms with Crippen molar-refractivity contribution in [3.63, 3.8) is 0 Å². The van der Waals surface area contributed by atoms with Gasteiger partial charge in [-0.25, -0.2) is 4.57 Å². The van der Waals surface area contributed by atoms with Crippen LogP contribution < -0.4 is 5.32 Å². The molecule has 9 nitrogen and oxygen atoms in total. The zero-order valence-electron chi connectivity index (χ0n) is 39.7. The number of unbranched alkanes of at least 4 members (excludes halogenated alkanes) is 16. The fourth-order valence-electron chi connectivity index (χ4n) is 6.31. The molecule has 0 saturated heterocycles. The fourth-order valence-corrected chi connectivity index (χ4v) is 7.06. The topological polar surface area (TPSA) is 131 Å². The van der Waals surface area contributed by atoms with Crippen molar-refractivity contribution >= 4 is 19.7 Å². The van der Waals surface area contributed by atoms with E-state index in [0.717, 1.165) is 70.6 Å². The summed E-state index contributed by atoms with van der Waals surface area (Å²) >= 11 is 0. The minimum absolute atomic E-state index is 0.0446. The highest BCUT2D eigenvalue weighted by atomic mass is 31.2. The number of rotatable bonds is 45. The Bertz CT molecular complexity index is 1350. The molecule has 0 aromatic heterocycles. The number of aliphatic hydroxyl groups excluding tert-OH is 1. The van der Waals surface area contributed by atoms with Crippen molar-refractivity contribution in [2.24, 2.45) is 0 Å². The number of phosphoric acid groups is 1. The molecule has 0 saturated carbocycles. The number of amides is 1. The summed E-state index contributed by atoms with van der Waals surface area (Å²) in [6, 6.07) is 0. The second kappa shape index (κ2) is 48.4. The first-order valence-corrected chi connectivity index (χ1v) is 26.2. The molecule has 63 heavy (non-hydrogen) atoms. The molecule has 0 rings (SSSR count). The van der Waals surface area contributed by atoms with Crippen LogP contribution in [-0.4, -0.2) is 54.3 Å². The summed E-state index contributed by atoms with van der Waals surface area (Å²) < 4.78 is 26.9. The van der Waals surface area contributed by atoms with Gasteiger partial charge in [0, 0.05) is 19.4 Å². The van der Waals surface area contributed by atoms with Crippen molar-refractivity contribution in [2.75, 3.05) is 26.4 Å². The highest BCUT2D eigenvalue weighted by Crippen LogP contribution is 2.42. The molecule has 0 spiro atoms. The first-order chi connectivity index (χ1) is 30.8. The van der Waals surface area contributed by atoms with Crippen LogP contribution in [0.5, 0.6) is 0 Å². The van der Waals surface area contributed by atoms with E-state index in [1.807, 2.05) is 0 Å². The van der Waals surface area contributed by atoms with Gasteiger partial charge < -0.3 is 20.1 Å². The van der Waals surface area contributed by atoms with Crippen LogP contribution in [0.2, 0.25) is 0 Å². The number of phosphoric ester groups is 1. The Hall–Kier alpha value is -3.07. The molecule has 0 aliphatic carbocycles.